The first kappa shape index (κ1) is 19.0. The number of rotatable bonds is 4. The molecule has 0 radical (unpaired) electrons. The van der Waals surface area contributed by atoms with E-state index in [4.69, 9.17) is 4.98 Å². The molecule has 5 aromatic rings. The van der Waals surface area contributed by atoms with Crippen molar-refractivity contribution in [1.29, 1.82) is 0 Å². The highest BCUT2D eigenvalue weighted by molar-refractivity contribution is 7.18. The van der Waals surface area contributed by atoms with Crippen LogP contribution >= 0.6 is 11.3 Å². The van der Waals surface area contributed by atoms with Gasteiger partial charge in [0, 0.05) is 17.1 Å². The van der Waals surface area contributed by atoms with Crippen LogP contribution in [0.15, 0.2) is 79.0 Å². The van der Waals surface area contributed by atoms with Gasteiger partial charge in [-0.2, -0.15) is 0 Å². The van der Waals surface area contributed by atoms with Crippen LogP contribution < -0.4 is 5.32 Å². The van der Waals surface area contributed by atoms with Gasteiger partial charge >= 0.3 is 0 Å². The number of hydrogen-bond acceptors (Lipinski definition) is 6. The highest BCUT2D eigenvalue weighted by Crippen LogP contribution is 2.28. The zero-order valence-corrected chi connectivity index (χ0v) is 17.4. The summed E-state index contributed by atoms with van der Waals surface area (Å²) in [6.07, 6.45) is 1.70. The number of amides is 1. The first-order valence-corrected chi connectivity index (χ1v) is 10.5. The third-order valence-corrected chi connectivity index (χ3v) is 5.70. The number of nitrogens with zero attached hydrogens (tertiary/aromatic N) is 4. The van der Waals surface area contributed by atoms with Crippen molar-refractivity contribution in [2.45, 2.75) is 6.92 Å². The summed E-state index contributed by atoms with van der Waals surface area (Å²) in [5, 5.41) is 13.0. The molecule has 0 bridgehead atoms. The Hall–Kier alpha value is -3.97. The molecule has 31 heavy (non-hydrogen) atoms. The lowest BCUT2D eigenvalue weighted by molar-refractivity contribution is 0.102. The summed E-state index contributed by atoms with van der Waals surface area (Å²) in [7, 11) is 0. The normalized spacial score (nSPS) is 10.9. The number of anilines is 1. The van der Waals surface area contributed by atoms with Crippen LogP contribution in [0.4, 0.5) is 5.13 Å². The molecule has 0 unspecified atom stereocenters. The number of aromatic nitrogens is 4. The van der Waals surface area contributed by atoms with E-state index >= 15 is 0 Å². The number of para-hydroxylation sites is 1. The van der Waals surface area contributed by atoms with Gasteiger partial charge in [0.25, 0.3) is 5.91 Å². The molecule has 150 valence electrons. The fourth-order valence-corrected chi connectivity index (χ4v) is 3.98. The molecule has 2 aromatic carbocycles. The number of carbonyl (C=O) groups is 1. The lowest BCUT2D eigenvalue weighted by Crippen LogP contribution is -2.13. The smallest absolute Gasteiger partial charge is 0.258 e. The van der Waals surface area contributed by atoms with Gasteiger partial charge in [-0.25, -0.2) is 4.98 Å². The summed E-state index contributed by atoms with van der Waals surface area (Å²) >= 11 is 1.28. The maximum Gasteiger partial charge on any atom is 0.258 e. The van der Waals surface area contributed by atoms with Gasteiger partial charge in [0.05, 0.1) is 16.8 Å². The van der Waals surface area contributed by atoms with E-state index in [-0.39, 0.29) is 5.91 Å². The van der Waals surface area contributed by atoms with E-state index in [1.807, 2.05) is 79.7 Å². The Balaban J connectivity index is 1.51. The molecule has 0 aliphatic carbocycles. The Bertz CT molecular complexity index is 1380. The van der Waals surface area contributed by atoms with Gasteiger partial charge in [0.2, 0.25) is 5.13 Å². The lowest BCUT2D eigenvalue weighted by Gasteiger charge is -2.09. The van der Waals surface area contributed by atoms with Crippen LogP contribution in [0.3, 0.4) is 0 Å². The molecule has 0 saturated carbocycles. The SMILES string of the molecule is Cc1ccc(-c2cc(C(=O)Nc3nnc(-c4ccccn4)s3)c3ccccc3n2)cc1. The summed E-state index contributed by atoms with van der Waals surface area (Å²) in [5.74, 6) is -0.254. The minimum absolute atomic E-state index is 0.254. The first-order valence-electron chi connectivity index (χ1n) is 9.70. The topological polar surface area (TPSA) is 80.7 Å². The van der Waals surface area contributed by atoms with Crippen LogP contribution in [0.1, 0.15) is 15.9 Å². The number of aryl methyl sites for hydroxylation is 1. The maximum absolute atomic E-state index is 13.2. The van der Waals surface area contributed by atoms with E-state index in [9.17, 15) is 4.79 Å². The second-order valence-corrected chi connectivity index (χ2v) is 8.00. The third-order valence-electron chi connectivity index (χ3n) is 4.84. The molecule has 0 fully saturated rings. The molecular formula is C24H17N5OS. The Kier molecular flexibility index (Phi) is 4.93. The van der Waals surface area contributed by atoms with Crippen molar-refractivity contribution in [2.24, 2.45) is 0 Å². The van der Waals surface area contributed by atoms with E-state index in [0.29, 0.717) is 15.7 Å². The number of pyridine rings is 2. The number of carbonyl (C=O) groups excluding carboxylic acids is 1. The van der Waals surface area contributed by atoms with Crippen molar-refractivity contribution in [3.05, 3.63) is 90.1 Å². The standard InChI is InChI=1S/C24H17N5OS/c1-15-9-11-16(12-10-15)21-14-18(17-6-2-3-7-19(17)26-21)22(30)27-24-29-28-23(31-24)20-8-4-5-13-25-20/h2-14H,1H3,(H,27,29,30). The Morgan fingerprint density at radius 2 is 1.71 bits per heavy atom. The van der Waals surface area contributed by atoms with Crippen molar-refractivity contribution >= 4 is 33.3 Å². The lowest BCUT2D eigenvalue weighted by atomic mass is 10.0. The molecule has 1 amide bonds. The van der Waals surface area contributed by atoms with E-state index in [2.05, 4.69) is 20.5 Å². The summed E-state index contributed by atoms with van der Waals surface area (Å²) in [6, 6.07) is 23.1. The summed E-state index contributed by atoms with van der Waals surface area (Å²) < 4.78 is 0. The molecule has 0 spiro atoms. The molecule has 1 N–H and O–H groups in total. The predicted molar refractivity (Wildman–Crippen MR) is 123 cm³/mol. The molecule has 5 rings (SSSR count). The van der Waals surface area contributed by atoms with Gasteiger partial charge in [0.15, 0.2) is 5.01 Å². The molecular weight excluding hydrogens is 406 g/mol. The van der Waals surface area contributed by atoms with Crippen molar-refractivity contribution in [3.63, 3.8) is 0 Å². The number of benzene rings is 2. The van der Waals surface area contributed by atoms with Gasteiger partial charge in [-0.15, -0.1) is 10.2 Å². The highest BCUT2D eigenvalue weighted by atomic mass is 32.1. The number of hydrogen-bond donors (Lipinski definition) is 1. The fraction of sp³-hybridized carbons (Fsp3) is 0.0417. The van der Waals surface area contributed by atoms with Crippen LogP contribution in [0.25, 0.3) is 32.9 Å². The molecule has 3 aromatic heterocycles. The minimum Gasteiger partial charge on any atom is -0.296 e. The van der Waals surface area contributed by atoms with Gasteiger partial charge in [-0.3, -0.25) is 15.1 Å². The van der Waals surface area contributed by atoms with Gasteiger partial charge < -0.3 is 0 Å². The average molecular weight is 424 g/mol. The fourth-order valence-electron chi connectivity index (χ4n) is 3.27. The second kappa shape index (κ2) is 8.04. The van der Waals surface area contributed by atoms with E-state index < -0.39 is 0 Å². The molecule has 3 heterocycles. The van der Waals surface area contributed by atoms with Crippen LogP contribution in [0, 0.1) is 6.92 Å². The van der Waals surface area contributed by atoms with Crippen molar-refractivity contribution < 1.29 is 4.79 Å². The molecule has 6 nitrogen and oxygen atoms in total. The quantitative estimate of drug-likeness (QED) is 0.420. The van der Waals surface area contributed by atoms with E-state index in [1.165, 1.54) is 16.9 Å². The Labute approximate surface area is 182 Å². The first-order chi connectivity index (χ1) is 15.2. The number of fused-ring (bicyclic) bond motifs is 1. The zero-order valence-electron chi connectivity index (χ0n) is 16.6. The zero-order chi connectivity index (χ0) is 21.2. The summed E-state index contributed by atoms with van der Waals surface area (Å²) in [6.45, 7) is 2.04. The van der Waals surface area contributed by atoms with Crippen LogP contribution in [0.2, 0.25) is 0 Å². The monoisotopic (exact) mass is 423 g/mol. The molecule has 0 aliphatic heterocycles. The summed E-state index contributed by atoms with van der Waals surface area (Å²) in [5.41, 5.74) is 4.89. The van der Waals surface area contributed by atoms with Crippen LogP contribution in [-0.4, -0.2) is 26.1 Å². The highest BCUT2D eigenvalue weighted by Gasteiger charge is 2.16. The van der Waals surface area contributed by atoms with Crippen molar-refractivity contribution in [2.75, 3.05) is 5.32 Å². The minimum atomic E-state index is -0.254. The number of nitrogens with one attached hydrogen (secondary N) is 1. The summed E-state index contributed by atoms with van der Waals surface area (Å²) in [4.78, 5) is 22.2. The van der Waals surface area contributed by atoms with Crippen LogP contribution in [0.5, 0.6) is 0 Å². The van der Waals surface area contributed by atoms with Crippen molar-refractivity contribution in [1.82, 2.24) is 20.2 Å². The van der Waals surface area contributed by atoms with Gasteiger partial charge in [0.1, 0.15) is 5.69 Å². The van der Waals surface area contributed by atoms with E-state index in [0.717, 1.165) is 27.9 Å². The Morgan fingerprint density at radius 1 is 0.903 bits per heavy atom. The molecule has 0 saturated heterocycles. The molecule has 0 aliphatic rings. The third kappa shape index (κ3) is 3.91. The molecule has 0 atom stereocenters. The average Bonchev–Trinajstić information content (AvgIpc) is 3.28. The predicted octanol–water partition coefficient (Wildman–Crippen LogP) is 5.38. The second-order valence-electron chi connectivity index (χ2n) is 7.02. The van der Waals surface area contributed by atoms with Crippen LogP contribution in [-0.2, 0) is 0 Å². The molecule has 7 heteroatoms. The Morgan fingerprint density at radius 3 is 2.52 bits per heavy atom. The largest absolute Gasteiger partial charge is 0.296 e. The van der Waals surface area contributed by atoms with Crippen molar-refractivity contribution in [3.8, 4) is 22.0 Å². The van der Waals surface area contributed by atoms with E-state index in [1.54, 1.807) is 6.20 Å². The maximum atomic E-state index is 13.2. The van der Waals surface area contributed by atoms with Gasteiger partial charge in [-0.1, -0.05) is 65.4 Å². The van der Waals surface area contributed by atoms with Gasteiger partial charge in [-0.05, 0) is 31.2 Å².